The van der Waals surface area contributed by atoms with E-state index in [0.29, 0.717) is 12.5 Å². The monoisotopic (exact) mass is 399 g/mol. The highest BCUT2D eigenvalue weighted by atomic mass is 16.6. The first-order chi connectivity index (χ1) is 14.0. The van der Waals surface area contributed by atoms with Gasteiger partial charge < -0.3 is 19.5 Å². The van der Waals surface area contributed by atoms with Crippen LogP contribution in [-0.2, 0) is 20.7 Å². The average Bonchev–Trinajstić information content (AvgIpc) is 3.39. The van der Waals surface area contributed by atoms with Crippen molar-refractivity contribution in [3.05, 3.63) is 29.8 Å². The van der Waals surface area contributed by atoms with Crippen LogP contribution >= 0.6 is 0 Å². The summed E-state index contributed by atoms with van der Waals surface area (Å²) in [6.07, 6.45) is 5.74. The molecule has 0 aromatic heterocycles. The van der Waals surface area contributed by atoms with Crippen LogP contribution in [0, 0.1) is 23.2 Å². The van der Waals surface area contributed by atoms with Gasteiger partial charge in [0, 0.05) is 17.9 Å². The van der Waals surface area contributed by atoms with Crippen molar-refractivity contribution in [2.75, 3.05) is 20.2 Å². The fourth-order valence-corrected chi connectivity index (χ4v) is 6.86. The average molecular weight is 400 g/mol. The summed E-state index contributed by atoms with van der Waals surface area (Å²) in [5.74, 6) is 1.56. The van der Waals surface area contributed by atoms with E-state index in [2.05, 4.69) is 25.2 Å². The molecule has 0 radical (unpaired) electrons. The number of carbonyl (C=O) groups is 1. The van der Waals surface area contributed by atoms with Crippen LogP contribution < -0.4 is 10.1 Å². The van der Waals surface area contributed by atoms with Crippen molar-refractivity contribution in [1.82, 2.24) is 5.32 Å². The molecule has 4 aliphatic rings. The molecule has 0 amide bonds. The fraction of sp³-hybridized carbons (Fsp3) is 0.708. The third-order valence-corrected chi connectivity index (χ3v) is 8.32. The van der Waals surface area contributed by atoms with Crippen molar-refractivity contribution in [3.8, 4) is 5.75 Å². The molecule has 4 fully saturated rings. The van der Waals surface area contributed by atoms with Gasteiger partial charge in [0.2, 0.25) is 0 Å². The molecule has 1 aromatic carbocycles. The number of para-hydroxylation sites is 1. The van der Waals surface area contributed by atoms with Crippen molar-refractivity contribution in [2.24, 2.45) is 23.2 Å². The molecule has 5 nitrogen and oxygen atoms in total. The number of ether oxygens (including phenoxy) is 3. The normalized spacial score (nSPS) is 42.4. The van der Waals surface area contributed by atoms with E-state index in [-0.39, 0.29) is 41.0 Å². The third-order valence-electron chi connectivity index (χ3n) is 8.32. The molecule has 5 rings (SSSR count). The summed E-state index contributed by atoms with van der Waals surface area (Å²) in [6.45, 7) is 6.18. The molecule has 2 saturated carbocycles. The summed E-state index contributed by atoms with van der Waals surface area (Å²) in [4.78, 5) is 12.7. The molecule has 0 unspecified atom stereocenters. The van der Waals surface area contributed by atoms with Gasteiger partial charge in [-0.05, 0) is 49.8 Å². The van der Waals surface area contributed by atoms with Crippen LogP contribution in [-0.4, -0.2) is 44.0 Å². The summed E-state index contributed by atoms with van der Waals surface area (Å²) in [5.41, 5.74) is 1.32. The van der Waals surface area contributed by atoms with Crippen molar-refractivity contribution in [2.45, 2.75) is 63.8 Å². The van der Waals surface area contributed by atoms with Gasteiger partial charge in [-0.2, -0.15) is 0 Å². The lowest BCUT2D eigenvalue weighted by molar-refractivity contribution is -0.146. The second-order valence-corrected chi connectivity index (χ2v) is 9.81. The second kappa shape index (κ2) is 6.98. The Hall–Kier alpha value is -1.59. The third kappa shape index (κ3) is 2.84. The van der Waals surface area contributed by atoms with Crippen molar-refractivity contribution >= 4 is 5.97 Å². The Labute approximate surface area is 173 Å². The Bertz CT molecular complexity index is 797. The number of carbonyl (C=O) groups excluding carboxylic acids is 1. The molecule has 2 saturated heterocycles. The summed E-state index contributed by atoms with van der Waals surface area (Å²) in [5, 5.41) is 3.51. The first kappa shape index (κ1) is 19.4. The number of nitrogens with one attached hydrogen (secondary N) is 1. The van der Waals surface area contributed by atoms with E-state index in [1.807, 2.05) is 18.2 Å². The topological polar surface area (TPSA) is 60.1 Å². The Morgan fingerprint density at radius 3 is 2.97 bits per heavy atom. The largest absolute Gasteiger partial charge is 0.496 e. The van der Waals surface area contributed by atoms with E-state index < -0.39 is 0 Å². The van der Waals surface area contributed by atoms with Crippen LogP contribution in [0.1, 0.15) is 45.1 Å². The SMILES string of the molecule is COc1ccccc1CCNC[C@H]1C(=O)O[C@@H]2C[C@@]3(C)CCC[C@H](C)[C@]34O[C@@H]4[C@@H]21. The minimum Gasteiger partial charge on any atom is -0.496 e. The molecule has 2 aliphatic heterocycles. The molecule has 5 heteroatoms. The van der Waals surface area contributed by atoms with E-state index in [1.54, 1.807) is 7.11 Å². The Morgan fingerprint density at radius 2 is 2.14 bits per heavy atom. The van der Waals surface area contributed by atoms with Crippen molar-refractivity contribution in [1.29, 1.82) is 0 Å². The molecule has 2 heterocycles. The molecule has 0 bridgehead atoms. The highest BCUT2D eigenvalue weighted by Gasteiger charge is 2.78. The zero-order chi connectivity index (χ0) is 20.2. The van der Waals surface area contributed by atoms with Crippen LogP contribution in [0.5, 0.6) is 5.75 Å². The van der Waals surface area contributed by atoms with Gasteiger partial charge in [-0.3, -0.25) is 4.79 Å². The molecule has 158 valence electrons. The molecular weight excluding hydrogens is 366 g/mol. The lowest BCUT2D eigenvalue weighted by Gasteiger charge is -2.48. The maximum absolute atomic E-state index is 12.7. The molecule has 29 heavy (non-hydrogen) atoms. The number of benzene rings is 1. The predicted molar refractivity (Wildman–Crippen MR) is 110 cm³/mol. The number of esters is 1. The number of hydrogen-bond acceptors (Lipinski definition) is 5. The smallest absolute Gasteiger partial charge is 0.311 e. The van der Waals surface area contributed by atoms with Crippen molar-refractivity contribution < 1.29 is 19.0 Å². The number of methoxy groups -OCH3 is 1. The van der Waals surface area contributed by atoms with Crippen LogP contribution in [0.2, 0.25) is 0 Å². The summed E-state index contributed by atoms with van der Waals surface area (Å²) in [6, 6.07) is 8.10. The van der Waals surface area contributed by atoms with Gasteiger partial charge in [-0.1, -0.05) is 38.5 Å². The Balaban J connectivity index is 1.24. The standard InChI is InChI=1S/C24H33NO4/c1-15-7-6-11-23(2)13-19-20(21-24(15,23)29-21)17(22(26)28-19)14-25-12-10-16-8-4-5-9-18(16)27-3/h4-5,8-9,15,17,19-21,25H,6-7,10-14H2,1-3H3/t15-,17+,19+,20+,21+,23+,24+/m0/s1. The van der Waals surface area contributed by atoms with E-state index in [4.69, 9.17) is 14.2 Å². The molecule has 2 aliphatic carbocycles. The quantitative estimate of drug-likeness (QED) is 0.452. The van der Waals surface area contributed by atoms with Gasteiger partial charge in [0.25, 0.3) is 0 Å². The Kier molecular flexibility index (Phi) is 4.67. The maximum atomic E-state index is 12.7. The van der Waals surface area contributed by atoms with Gasteiger partial charge in [0.1, 0.15) is 17.5 Å². The Morgan fingerprint density at radius 1 is 1.31 bits per heavy atom. The van der Waals surface area contributed by atoms with Crippen LogP contribution in [0.25, 0.3) is 0 Å². The molecule has 1 N–H and O–H groups in total. The fourth-order valence-electron chi connectivity index (χ4n) is 6.86. The van der Waals surface area contributed by atoms with Gasteiger partial charge >= 0.3 is 5.97 Å². The number of fused-ring (bicyclic) bond motifs is 2. The van der Waals surface area contributed by atoms with Crippen molar-refractivity contribution in [3.63, 3.8) is 0 Å². The number of rotatable bonds is 6. The highest BCUT2D eigenvalue weighted by Crippen LogP contribution is 2.70. The first-order valence-corrected chi connectivity index (χ1v) is 11.2. The number of hydrogen-bond donors (Lipinski definition) is 1. The van der Waals surface area contributed by atoms with Gasteiger partial charge in [-0.15, -0.1) is 0 Å². The molecule has 1 aromatic rings. The first-order valence-electron chi connectivity index (χ1n) is 11.2. The van der Waals surface area contributed by atoms with Gasteiger partial charge in [-0.25, -0.2) is 0 Å². The maximum Gasteiger partial charge on any atom is 0.311 e. The van der Waals surface area contributed by atoms with Crippen LogP contribution in [0.15, 0.2) is 24.3 Å². The summed E-state index contributed by atoms with van der Waals surface area (Å²) in [7, 11) is 1.70. The van der Waals surface area contributed by atoms with E-state index in [1.165, 1.54) is 24.8 Å². The lowest BCUT2D eigenvalue weighted by Crippen LogP contribution is -2.54. The zero-order valence-corrected chi connectivity index (χ0v) is 17.8. The molecule has 1 spiro atoms. The highest BCUT2D eigenvalue weighted by molar-refractivity contribution is 5.76. The minimum absolute atomic E-state index is 0.0178. The van der Waals surface area contributed by atoms with Gasteiger partial charge in [0.05, 0.1) is 19.1 Å². The predicted octanol–water partition coefficient (Wildman–Crippen LogP) is 3.35. The van der Waals surface area contributed by atoms with Crippen LogP contribution in [0.3, 0.4) is 0 Å². The van der Waals surface area contributed by atoms with Gasteiger partial charge in [0.15, 0.2) is 0 Å². The summed E-state index contributed by atoms with van der Waals surface area (Å²) < 4.78 is 17.8. The molecule has 7 atom stereocenters. The van der Waals surface area contributed by atoms with E-state index >= 15 is 0 Å². The second-order valence-electron chi connectivity index (χ2n) is 9.81. The molecular formula is C24H33NO4. The zero-order valence-electron chi connectivity index (χ0n) is 17.8. The van der Waals surface area contributed by atoms with Crippen LogP contribution in [0.4, 0.5) is 0 Å². The lowest BCUT2D eigenvalue weighted by atomic mass is 9.53. The summed E-state index contributed by atoms with van der Waals surface area (Å²) >= 11 is 0. The minimum atomic E-state index is -0.0966. The van der Waals surface area contributed by atoms with E-state index in [0.717, 1.165) is 25.1 Å². The number of epoxide rings is 1. The van der Waals surface area contributed by atoms with E-state index in [9.17, 15) is 4.79 Å².